The number of hydrogen-bond acceptors (Lipinski definition) is 4. The summed E-state index contributed by atoms with van der Waals surface area (Å²) in [5.41, 5.74) is -0.119. The minimum atomic E-state index is -3.78. The van der Waals surface area contributed by atoms with Crippen LogP contribution in [0.4, 0.5) is 10.1 Å². The van der Waals surface area contributed by atoms with Crippen molar-refractivity contribution in [3.05, 3.63) is 39.0 Å². The van der Waals surface area contributed by atoms with Gasteiger partial charge in [-0.1, -0.05) is 0 Å². The van der Waals surface area contributed by atoms with Crippen LogP contribution in [0.2, 0.25) is 0 Å². The molecular weight excluding hydrogens is 343 g/mol. The lowest BCUT2D eigenvalue weighted by Gasteiger charge is -2.07. The molecule has 18 heavy (non-hydrogen) atoms. The SMILES string of the molecule is Cc1sc(Br)cc1S(=O)(=O)Nc1ccncc1F. The van der Waals surface area contributed by atoms with E-state index in [1.807, 2.05) is 0 Å². The molecule has 0 amide bonds. The lowest BCUT2D eigenvalue weighted by molar-refractivity contribution is 0.598. The smallest absolute Gasteiger partial charge is 0.263 e. The number of sulfonamides is 1. The first kappa shape index (κ1) is 13.4. The van der Waals surface area contributed by atoms with Gasteiger partial charge in [0, 0.05) is 11.1 Å². The van der Waals surface area contributed by atoms with Crippen molar-refractivity contribution in [1.29, 1.82) is 0 Å². The molecule has 0 aliphatic rings. The molecule has 0 aliphatic heterocycles. The number of nitrogens with zero attached hydrogens (tertiary/aromatic N) is 1. The molecule has 0 saturated carbocycles. The van der Waals surface area contributed by atoms with Gasteiger partial charge in [0.1, 0.15) is 4.90 Å². The number of nitrogens with one attached hydrogen (secondary N) is 1. The monoisotopic (exact) mass is 350 g/mol. The van der Waals surface area contributed by atoms with E-state index in [4.69, 9.17) is 0 Å². The van der Waals surface area contributed by atoms with Gasteiger partial charge in [-0.05, 0) is 35.0 Å². The quantitative estimate of drug-likeness (QED) is 0.924. The molecule has 2 rings (SSSR count). The molecule has 0 aromatic carbocycles. The number of halogens is 2. The van der Waals surface area contributed by atoms with Gasteiger partial charge in [-0.25, -0.2) is 12.8 Å². The van der Waals surface area contributed by atoms with Gasteiger partial charge in [-0.15, -0.1) is 11.3 Å². The van der Waals surface area contributed by atoms with Crippen molar-refractivity contribution in [2.75, 3.05) is 4.72 Å². The van der Waals surface area contributed by atoms with E-state index >= 15 is 0 Å². The van der Waals surface area contributed by atoms with E-state index in [1.54, 1.807) is 6.92 Å². The highest BCUT2D eigenvalue weighted by Crippen LogP contribution is 2.30. The van der Waals surface area contributed by atoms with Crippen LogP contribution in [0, 0.1) is 12.7 Å². The second-order valence-electron chi connectivity index (χ2n) is 3.43. The standard InChI is InChI=1S/C10H8BrFN2O2S2/c1-6-9(4-10(11)17-6)18(15,16)14-8-2-3-13-5-7(8)12/h2-5H,1H3,(H,13,14). The zero-order valence-electron chi connectivity index (χ0n) is 9.15. The van der Waals surface area contributed by atoms with Gasteiger partial charge in [0.25, 0.3) is 10.0 Å². The van der Waals surface area contributed by atoms with E-state index < -0.39 is 15.8 Å². The van der Waals surface area contributed by atoms with Gasteiger partial charge in [0.15, 0.2) is 5.82 Å². The van der Waals surface area contributed by atoms with Crippen LogP contribution >= 0.6 is 27.3 Å². The highest BCUT2D eigenvalue weighted by atomic mass is 79.9. The van der Waals surface area contributed by atoms with Crippen molar-refractivity contribution < 1.29 is 12.8 Å². The summed E-state index contributed by atoms with van der Waals surface area (Å²) in [6.45, 7) is 1.69. The lowest BCUT2D eigenvalue weighted by atomic mass is 10.4. The first-order valence-electron chi connectivity index (χ1n) is 4.78. The van der Waals surface area contributed by atoms with Gasteiger partial charge in [-0.2, -0.15) is 0 Å². The fourth-order valence-corrected chi connectivity index (χ4v) is 4.84. The van der Waals surface area contributed by atoms with Crippen LogP contribution in [0.15, 0.2) is 33.2 Å². The molecule has 4 nitrogen and oxygen atoms in total. The molecule has 0 spiro atoms. The Balaban J connectivity index is 2.40. The summed E-state index contributed by atoms with van der Waals surface area (Å²) in [6.07, 6.45) is 2.27. The Hall–Kier alpha value is -0.990. The number of anilines is 1. The van der Waals surface area contributed by atoms with Gasteiger partial charge in [-0.3, -0.25) is 9.71 Å². The second-order valence-corrected chi connectivity index (χ2v) is 7.72. The maximum Gasteiger partial charge on any atom is 0.263 e. The molecule has 1 N–H and O–H groups in total. The number of hydrogen-bond donors (Lipinski definition) is 1. The zero-order valence-corrected chi connectivity index (χ0v) is 12.4. The molecular formula is C10H8BrFN2O2S2. The first-order chi connectivity index (χ1) is 8.40. The third kappa shape index (κ3) is 2.70. The normalized spacial score (nSPS) is 11.5. The number of thiophene rings is 1. The van der Waals surface area contributed by atoms with Crippen LogP contribution in [0.3, 0.4) is 0 Å². The molecule has 96 valence electrons. The summed E-state index contributed by atoms with van der Waals surface area (Å²) >= 11 is 4.52. The van der Waals surface area contributed by atoms with Crippen molar-refractivity contribution in [3.63, 3.8) is 0 Å². The number of rotatable bonds is 3. The Morgan fingerprint density at radius 2 is 2.22 bits per heavy atom. The van der Waals surface area contributed by atoms with Crippen molar-refractivity contribution in [3.8, 4) is 0 Å². The average Bonchev–Trinajstić information content (AvgIpc) is 2.62. The van der Waals surface area contributed by atoms with E-state index in [1.165, 1.54) is 29.7 Å². The molecule has 2 heterocycles. The molecule has 0 fully saturated rings. The third-order valence-electron chi connectivity index (χ3n) is 2.15. The summed E-state index contributed by atoms with van der Waals surface area (Å²) in [4.78, 5) is 4.32. The lowest BCUT2D eigenvalue weighted by Crippen LogP contribution is -2.14. The topological polar surface area (TPSA) is 59.1 Å². The van der Waals surface area contributed by atoms with E-state index in [0.717, 1.165) is 6.20 Å². The van der Waals surface area contributed by atoms with Crippen LogP contribution in [-0.4, -0.2) is 13.4 Å². The number of aromatic nitrogens is 1. The van der Waals surface area contributed by atoms with Crippen LogP contribution in [-0.2, 0) is 10.0 Å². The summed E-state index contributed by atoms with van der Waals surface area (Å²) in [5, 5.41) is 0. The fourth-order valence-electron chi connectivity index (χ4n) is 1.36. The molecule has 0 aliphatic carbocycles. The molecule has 0 radical (unpaired) electrons. The predicted octanol–water partition coefficient (Wildman–Crippen LogP) is 3.15. The third-order valence-corrected chi connectivity index (χ3v) is 5.32. The van der Waals surface area contributed by atoms with Crippen molar-refractivity contribution in [2.24, 2.45) is 0 Å². The predicted molar refractivity (Wildman–Crippen MR) is 71.8 cm³/mol. The summed E-state index contributed by atoms with van der Waals surface area (Å²) in [5.74, 6) is -0.715. The Labute approximate surface area is 116 Å². The van der Waals surface area contributed by atoms with E-state index in [2.05, 4.69) is 25.6 Å². The van der Waals surface area contributed by atoms with Crippen LogP contribution in [0.1, 0.15) is 4.88 Å². The maximum atomic E-state index is 13.3. The summed E-state index contributed by atoms with van der Waals surface area (Å²) in [6, 6.07) is 2.76. The molecule has 2 aromatic rings. The Bertz CT molecular complexity index is 685. The van der Waals surface area contributed by atoms with Gasteiger partial charge in [0.05, 0.1) is 15.7 Å². The zero-order chi connectivity index (χ0) is 13.3. The van der Waals surface area contributed by atoms with Crippen molar-refractivity contribution in [1.82, 2.24) is 4.98 Å². The molecule has 0 atom stereocenters. The minimum absolute atomic E-state index is 0.119. The Morgan fingerprint density at radius 3 is 2.78 bits per heavy atom. The minimum Gasteiger partial charge on any atom is -0.277 e. The highest BCUT2D eigenvalue weighted by molar-refractivity contribution is 9.11. The van der Waals surface area contributed by atoms with Crippen LogP contribution in [0.5, 0.6) is 0 Å². The van der Waals surface area contributed by atoms with Gasteiger partial charge < -0.3 is 0 Å². The van der Waals surface area contributed by atoms with Crippen molar-refractivity contribution >= 4 is 43.0 Å². The van der Waals surface area contributed by atoms with Crippen molar-refractivity contribution in [2.45, 2.75) is 11.8 Å². The average molecular weight is 351 g/mol. The fraction of sp³-hybridized carbons (Fsp3) is 0.100. The van der Waals surface area contributed by atoms with E-state index in [9.17, 15) is 12.8 Å². The molecule has 0 bridgehead atoms. The van der Waals surface area contributed by atoms with Crippen LogP contribution in [0.25, 0.3) is 0 Å². The summed E-state index contributed by atoms with van der Waals surface area (Å²) < 4.78 is 40.4. The molecule has 8 heteroatoms. The maximum absolute atomic E-state index is 13.3. The summed E-state index contributed by atoms with van der Waals surface area (Å²) in [7, 11) is -3.78. The van der Waals surface area contributed by atoms with Crippen LogP contribution < -0.4 is 4.72 Å². The Morgan fingerprint density at radius 1 is 1.50 bits per heavy atom. The first-order valence-corrected chi connectivity index (χ1v) is 7.87. The molecule has 0 unspecified atom stereocenters. The van der Waals surface area contributed by atoms with Gasteiger partial charge >= 0.3 is 0 Å². The highest BCUT2D eigenvalue weighted by Gasteiger charge is 2.20. The molecule has 2 aromatic heterocycles. The van der Waals surface area contributed by atoms with E-state index in [0.29, 0.717) is 8.66 Å². The number of aryl methyl sites for hydroxylation is 1. The second kappa shape index (κ2) is 4.94. The Kier molecular flexibility index (Phi) is 3.69. The molecule has 0 saturated heterocycles. The van der Waals surface area contributed by atoms with E-state index in [-0.39, 0.29) is 10.6 Å². The largest absolute Gasteiger partial charge is 0.277 e. The number of pyridine rings is 1. The van der Waals surface area contributed by atoms with Gasteiger partial charge in [0.2, 0.25) is 0 Å².